The van der Waals surface area contributed by atoms with Crippen LogP contribution in [0.5, 0.6) is 5.75 Å². The third-order valence-corrected chi connectivity index (χ3v) is 6.59. The number of nitrogens with zero attached hydrogens (tertiary/aromatic N) is 1. The first-order valence-corrected chi connectivity index (χ1v) is 13.4. The Labute approximate surface area is 225 Å². The van der Waals surface area contributed by atoms with Crippen molar-refractivity contribution in [1.29, 1.82) is 0 Å². The lowest BCUT2D eigenvalue weighted by atomic mass is 9.87. The van der Waals surface area contributed by atoms with E-state index < -0.39 is 41.5 Å². The van der Waals surface area contributed by atoms with Crippen molar-refractivity contribution >= 4 is 23.8 Å². The molecule has 212 valence electrons. The Hall–Kier alpha value is -3.30. The van der Waals surface area contributed by atoms with Crippen molar-refractivity contribution in [2.24, 2.45) is 5.73 Å². The van der Waals surface area contributed by atoms with Gasteiger partial charge in [0.05, 0.1) is 0 Å². The summed E-state index contributed by atoms with van der Waals surface area (Å²) in [5.74, 6) is -1.64. The lowest BCUT2D eigenvalue weighted by molar-refractivity contribution is -0.148. The fourth-order valence-electron chi connectivity index (χ4n) is 4.50. The molecular weight excluding hydrogens is 488 g/mol. The predicted molar refractivity (Wildman–Crippen MR) is 144 cm³/mol. The van der Waals surface area contributed by atoms with Gasteiger partial charge >= 0.3 is 6.09 Å². The lowest BCUT2D eigenvalue weighted by Gasteiger charge is -2.44. The Kier molecular flexibility index (Phi) is 11.0. The van der Waals surface area contributed by atoms with Gasteiger partial charge in [0.1, 0.15) is 23.4 Å². The van der Waals surface area contributed by atoms with Crippen LogP contribution in [-0.2, 0) is 19.1 Å². The highest BCUT2D eigenvalue weighted by atomic mass is 16.6. The second kappa shape index (κ2) is 13.5. The normalized spacial score (nSPS) is 15.9. The zero-order chi connectivity index (χ0) is 28.6. The molecule has 38 heavy (non-hydrogen) atoms. The number of ether oxygens (including phenoxy) is 1. The Morgan fingerprint density at radius 3 is 2.34 bits per heavy atom. The van der Waals surface area contributed by atoms with Crippen molar-refractivity contribution in [3.8, 4) is 5.75 Å². The summed E-state index contributed by atoms with van der Waals surface area (Å²) in [4.78, 5) is 53.6. The van der Waals surface area contributed by atoms with Gasteiger partial charge in [0, 0.05) is 24.1 Å². The monoisotopic (exact) mass is 532 g/mol. The van der Waals surface area contributed by atoms with E-state index in [1.54, 1.807) is 45.9 Å². The number of benzene rings is 1. The Morgan fingerprint density at radius 1 is 1.16 bits per heavy atom. The number of alkyl carbamates (subject to hydrolysis) is 1. The van der Waals surface area contributed by atoms with Crippen LogP contribution in [0.15, 0.2) is 18.2 Å². The van der Waals surface area contributed by atoms with Gasteiger partial charge in [-0.2, -0.15) is 0 Å². The molecule has 10 nitrogen and oxygen atoms in total. The summed E-state index contributed by atoms with van der Waals surface area (Å²) in [6.45, 7) is 10.7. The van der Waals surface area contributed by atoms with E-state index in [2.05, 4.69) is 10.6 Å². The molecule has 0 aromatic heterocycles. The van der Waals surface area contributed by atoms with Crippen molar-refractivity contribution in [3.05, 3.63) is 29.3 Å². The maximum Gasteiger partial charge on any atom is 0.408 e. The maximum absolute atomic E-state index is 14.2. The summed E-state index contributed by atoms with van der Waals surface area (Å²) in [6, 6.07) is 2.37. The van der Waals surface area contributed by atoms with Crippen LogP contribution in [0, 0.1) is 6.92 Å². The number of hydrogen-bond donors (Lipinski definition) is 4. The van der Waals surface area contributed by atoms with E-state index in [1.807, 2.05) is 13.8 Å². The highest BCUT2D eigenvalue weighted by Gasteiger charge is 2.43. The number of nitrogens with two attached hydrogens (primary N) is 1. The average molecular weight is 533 g/mol. The number of aromatic hydroxyl groups is 1. The number of aryl methyl sites for hydroxylation is 1. The number of primary amides is 1. The van der Waals surface area contributed by atoms with Crippen LogP contribution in [-0.4, -0.2) is 57.5 Å². The number of nitrogens with one attached hydrogen (secondary N) is 2. The molecule has 0 bridgehead atoms. The molecule has 0 spiro atoms. The molecule has 1 aromatic carbocycles. The molecule has 0 heterocycles. The standard InChI is InChI=1S/C28H44N4O6/c1-7-10-18(3)30-25(35)23(20-14-8-11-17(2)24(20)34)32(19-12-9-13-19)26(36)21(15-16-22(29)33)31-27(37)38-28(4,5)6/h8,11,14,18-19,21,23,34H,7,9-10,12-13,15-16H2,1-6H3,(H2,29,33)(H,30,35)(H,31,37). The molecule has 0 radical (unpaired) electrons. The van der Waals surface area contributed by atoms with Gasteiger partial charge in [-0.3, -0.25) is 14.4 Å². The minimum atomic E-state index is -1.16. The summed E-state index contributed by atoms with van der Waals surface area (Å²) in [7, 11) is 0. The minimum Gasteiger partial charge on any atom is -0.507 e. The molecule has 10 heteroatoms. The van der Waals surface area contributed by atoms with Crippen molar-refractivity contribution in [3.63, 3.8) is 0 Å². The minimum absolute atomic E-state index is 0.0585. The van der Waals surface area contributed by atoms with Gasteiger partial charge in [-0.05, 0) is 72.3 Å². The van der Waals surface area contributed by atoms with Gasteiger partial charge in [0.15, 0.2) is 0 Å². The number of carbonyl (C=O) groups is 4. The number of phenols is 1. The molecule has 2 rings (SSSR count). The Balaban J connectivity index is 2.55. The van der Waals surface area contributed by atoms with Crippen LogP contribution >= 0.6 is 0 Å². The van der Waals surface area contributed by atoms with Crippen molar-refractivity contribution in [2.45, 2.75) is 116 Å². The van der Waals surface area contributed by atoms with Gasteiger partial charge in [-0.1, -0.05) is 31.5 Å². The topological polar surface area (TPSA) is 151 Å². The van der Waals surface area contributed by atoms with Crippen LogP contribution in [0.25, 0.3) is 0 Å². The number of carbonyl (C=O) groups excluding carboxylic acids is 4. The summed E-state index contributed by atoms with van der Waals surface area (Å²) in [6.07, 6.45) is 2.80. The molecule has 1 saturated carbocycles. The third kappa shape index (κ3) is 8.63. The molecule has 3 atom stereocenters. The van der Waals surface area contributed by atoms with E-state index in [0.29, 0.717) is 24.0 Å². The molecule has 5 N–H and O–H groups in total. The van der Waals surface area contributed by atoms with Crippen molar-refractivity contribution in [1.82, 2.24) is 15.5 Å². The first-order chi connectivity index (χ1) is 17.7. The number of phenolic OH excluding ortho intramolecular Hbond substituents is 1. The molecular formula is C28H44N4O6. The summed E-state index contributed by atoms with van der Waals surface area (Å²) in [5, 5.41) is 16.6. The zero-order valence-electron chi connectivity index (χ0n) is 23.5. The fourth-order valence-corrected chi connectivity index (χ4v) is 4.50. The average Bonchev–Trinajstić information content (AvgIpc) is 2.76. The summed E-state index contributed by atoms with van der Waals surface area (Å²) < 4.78 is 5.36. The second-order valence-corrected chi connectivity index (χ2v) is 11.1. The lowest BCUT2D eigenvalue weighted by Crippen LogP contribution is -2.58. The molecule has 1 aliphatic carbocycles. The first-order valence-electron chi connectivity index (χ1n) is 13.4. The molecule has 3 unspecified atom stereocenters. The van der Waals surface area contributed by atoms with Gasteiger partial charge < -0.3 is 31.1 Å². The Morgan fingerprint density at radius 2 is 1.82 bits per heavy atom. The first kappa shape index (κ1) is 30.9. The molecule has 1 aliphatic rings. The van der Waals surface area contributed by atoms with E-state index in [9.17, 15) is 24.3 Å². The third-order valence-electron chi connectivity index (χ3n) is 6.59. The largest absolute Gasteiger partial charge is 0.507 e. The number of amides is 4. The van der Waals surface area contributed by atoms with Crippen LogP contribution in [0.2, 0.25) is 0 Å². The van der Waals surface area contributed by atoms with Gasteiger partial charge in [-0.15, -0.1) is 0 Å². The molecule has 1 fully saturated rings. The summed E-state index contributed by atoms with van der Waals surface area (Å²) >= 11 is 0. The van der Waals surface area contributed by atoms with Crippen molar-refractivity contribution in [2.75, 3.05) is 0 Å². The quantitative estimate of drug-likeness (QED) is 0.323. The predicted octanol–water partition coefficient (Wildman–Crippen LogP) is 3.59. The highest BCUT2D eigenvalue weighted by molar-refractivity contribution is 5.93. The zero-order valence-corrected chi connectivity index (χ0v) is 23.5. The molecule has 1 aromatic rings. The van der Waals surface area contributed by atoms with Crippen LogP contribution in [0.3, 0.4) is 0 Å². The SMILES string of the molecule is CCCC(C)NC(=O)C(c1cccc(C)c1O)N(C(=O)C(CCC(N)=O)NC(=O)OC(C)(C)C)C1CCC1. The van der Waals surface area contributed by atoms with Gasteiger partial charge in [-0.25, -0.2) is 4.79 Å². The molecule has 0 saturated heterocycles. The number of rotatable bonds is 12. The summed E-state index contributed by atoms with van der Waals surface area (Å²) in [5.41, 5.74) is 5.43. The highest BCUT2D eigenvalue weighted by Crippen LogP contribution is 2.38. The van der Waals surface area contributed by atoms with Crippen LogP contribution < -0.4 is 16.4 Å². The maximum atomic E-state index is 14.2. The van der Waals surface area contributed by atoms with Gasteiger partial charge in [0.2, 0.25) is 17.7 Å². The fraction of sp³-hybridized carbons (Fsp3) is 0.643. The van der Waals surface area contributed by atoms with Crippen LogP contribution in [0.4, 0.5) is 4.79 Å². The van der Waals surface area contributed by atoms with E-state index in [-0.39, 0.29) is 30.7 Å². The van der Waals surface area contributed by atoms with E-state index >= 15 is 0 Å². The van der Waals surface area contributed by atoms with Crippen LogP contribution in [0.1, 0.15) is 96.7 Å². The molecule has 0 aliphatic heterocycles. The van der Waals surface area contributed by atoms with Gasteiger partial charge in [0.25, 0.3) is 0 Å². The Bertz CT molecular complexity index is 1000. The second-order valence-electron chi connectivity index (χ2n) is 11.1. The van der Waals surface area contributed by atoms with Crippen molar-refractivity contribution < 1.29 is 29.0 Å². The number of para-hydroxylation sites is 1. The molecule has 4 amide bonds. The van der Waals surface area contributed by atoms with E-state index in [4.69, 9.17) is 10.5 Å². The van der Waals surface area contributed by atoms with E-state index in [0.717, 1.165) is 19.3 Å². The number of hydrogen-bond acceptors (Lipinski definition) is 6. The van der Waals surface area contributed by atoms with E-state index in [1.165, 1.54) is 4.90 Å². The smallest absolute Gasteiger partial charge is 0.408 e.